The van der Waals surface area contributed by atoms with Crippen molar-refractivity contribution in [2.24, 2.45) is 10.7 Å². The van der Waals surface area contributed by atoms with Crippen LogP contribution in [0.15, 0.2) is 51.9 Å². The van der Waals surface area contributed by atoms with Crippen molar-refractivity contribution in [1.29, 1.82) is 5.41 Å². The lowest BCUT2D eigenvalue weighted by Crippen LogP contribution is -2.32. The Morgan fingerprint density at radius 2 is 1.97 bits per heavy atom. The van der Waals surface area contributed by atoms with Crippen molar-refractivity contribution in [3.05, 3.63) is 68.6 Å². The fourth-order valence-electron chi connectivity index (χ4n) is 2.90. The number of guanidine groups is 1. The average Bonchev–Trinajstić information content (AvgIpc) is 2.80. The molecule has 0 unspecified atom stereocenters. The van der Waals surface area contributed by atoms with Crippen LogP contribution >= 0.6 is 24.2 Å². The molecular weight excluding hydrogens is 470 g/mol. The number of methoxy groups -OCH3 is 1. The summed E-state index contributed by atoms with van der Waals surface area (Å²) < 4.78 is 5.13. The summed E-state index contributed by atoms with van der Waals surface area (Å²) in [6, 6.07) is 10.3. The first-order chi connectivity index (χ1) is 16.2. The first-order valence-electron chi connectivity index (χ1n) is 10.5. The highest BCUT2D eigenvalue weighted by molar-refractivity contribution is 7.84. The number of thiol groups is 1. The van der Waals surface area contributed by atoms with Crippen LogP contribution in [0.3, 0.4) is 0 Å². The zero-order valence-electron chi connectivity index (χ0n) is 19.3. The van der Waals surface area contributed by atoms with Gasteiger partial charge < -0.3 is 21.5 Å². The van der Waals surface area contributed by atoms with Gasteiger partial charge in [0.1, 0.15) is 5.75 Å². The number of carbonyl (C=O) groups is 1. The molecule has 34 heavy (non-hydrogen) atoms. The quantitative estimate of drug-likeness (QED) is 0.0974. The number of nitrogens with zero attached hydrogens (tertiary/aromatic N) is 1. The molecule has 0 aliphatic carbocycles. The third-order valence-corrected chi connectivity index (χ3v) is 5.22. The molecule has 0 bridgehead atoms. The minimum Gasteiger partial charge on any atom is -0.497 e. The summed E-state index contributed by atoms with van der Waals surface area (Å²) in [4.78, 5) is 17.1. The van der Waals surface area contributed by atoms with E-state index >= 15 is 0 Å². The number of amides is 1. The molecule has 2 aromatic carbocycles. The van der Waals surface area contributed by atoms with E-state index in [1.165, 1.54) is 0 Å². The van der Waals surface area contributed by atoms with E-state index in [2.05, 4.69) is 34.8 Å². The number of halogens is 1. The first-order valence-corrected chi connectivity index (χ1v) is 11.3. The highest BCUT2D eigenvalue weighted by Gasteiger charge is 2.19. The molecule has 0 aliphatic heterocycles. The largest absolute Gasteiger partial charge is 0.497 e. The Hall–Kier alpha value is -3.41. The van der Waals surface area contributed by atoms with Crippen molar-refractivity contribution in [2.75, 3.05) is 12.8 Å². The smallest absolute Gasteiger partial charge is 0.283 e. The highest BCUT2D eigenvalue weighted by atomic mass is 35.5. The topological polar surface area (TPSA) is 127 Å². The Morgan fingerprint density at radius 1 is 1.29 bits per heavy atom. The second-order valence-electron chi connectivity index (χ2n) is 7.31. The first kappa shape index (κ1) is 26.8. The molecule has 0 fully saturated rings. The van der Waals surface area contributed by atoms with Crippen LogP contribution in [0.25, 0.3) is 0 Å². The molecular formula is C25H28ClN5O2S. The third kappa shape index (κ3) is 7.30. The SMILES string of the molecule is CCCC#Cc1cc(CN/C(N)=N/C(=O)/C(C(=N)c2ccc(OC)cc2)=C(\C)S)cc(Cl)c1N. The lowest BCUT2D eigenvalue weighted by atomic mass is 10.0. The van der Waals surface area contributed by atoms with E-state index in [1.807, 2.05) is 13.0 Å². The number of nitrogens with two attached hydrogens (primary N) is 2. The van der Waals surface area contributed by atoms with Crippen LogP contribution in [0.2, 0.25) is 5.02 Å². The predicted molar refractivity (Wildman–Crippen MR) is 143 cm³/mol. The fraction of sp³-hybridized carbons (Fsp3) is 0.240. The van der Waals surface area contributed by atoms with Gasteiger partial charge in [0.25, 0.3) is 5.91 Å². The van der Waals surface area contributed by atoms with Crippen molar-refractivity contribution in [3.8, 4) is 17.6 Å². The maximum absolute atomic E-state index is 12.8. The molecule has 0 atom stereocenters. The van der Waals surface area contributed by atoms with Gasteiger partial charge >= 0.3 is 0 Å². The van der Waals surface area contributed by atoms with E-state index in [1.54, 1.807) is 44.4 Å². The molecule has 0 aliphatic rings. The Morgan fingerprint density at radius 3 is 2.56 bits per heavy atom. The molecule has 1 amide bonds. The standard InChI is InChI=1S/C25H28ClN5O2S/c1-4-5-6-7-18-12-16(13-20(26)22(18)27)14-30-25(29)31-24(32)21(15(2)34)23(28)17-8-10-19(33-3)11-9-17/h8-13,28,34H,4-5,14,27H2,1-3H3,(H3,29,30,31,32)/b21-15+,28-23?. The van der Waals surface area contributed by atoms with Gasteiger partial charge in [-0.25, -0.2) is 0 Å². The number of rotatable bonds is 7. The molecule has 0 spiro atoms. The Balaban J connectivity index is 2.17. The molecule has 2 aromatic rings. The van der Waals surface area contributed by atoms with Crippen LogP contribution in [0.4, 0.5) is 5.69 Å². The molecule has 0 radical (unpaired) electrons. The minimum absolute atomic E-state index is 0.0164. The number of benzene rings is 2. The van der Waals surface area contributed by atoms with Gasteiger partial charge in [0, 0.05) is 24.1 Å². The van der Waals surface area contributed by atoms with Gasteiger partial charge in [-0.15, -0.1) is 12.6 Å². The van der Waals surface area contributed by atoms with Gasteiger partial charge in [0.05, 0.1) is 29.1 Å². The van der Waals surface area contributed by atoms with E-state index in [-0.39, 0.29) is 23.8 Å². The Labute approximate surface area is 210 Å². The van der Waals surface area contributed by atoms with Crippen LogP contribution < -0.4 is 21.5 Å². The molecule has 0 aromatic heterocycles. The molecule has 0 heterocycles. The van der Waals surface area contributed by atoms with E-state index in [9.17, 15) is 4.79 Å². The molecule has 2 rings (SSSR count). The van der Waals surface area contributed by atoms with E-state index in [4.69, 9.17) is 33.2 Å². The van der Waals surface area contributed by atoms with Crippen LogP contribution in [-0.2, 0) is 11.3 Å². The van der Waals surface area contributed by atoms with Crippen LogP contribution in [0.1, 0.15) is 43.4 Å². The summed E-state index contributed by atoms with van der Waals surface area (Å²) in [5, 5.41) is 11.7. The van der Waals surface area contributed by atoms with Crippen molar-refractivity contribution in [1.82, 2.24) is 5.32 Å². The lowest BCUT2D eigenvalue weighted by molar-refractivity contribution is -0.113. The third-order valence-electron chi connectivity index (χ3n) is 4.69. The number of nitrogens with one attached hydrogen (secondary N) is 2. The second kappa shape index (κ2) is 12.7. The number of allylic oxidation sites excluding steroid dienone is 1. The number of anilines is 1. The summed E-state index contributed by atoms with van der Waals surface area (Å²) in [7, 11) is 1.55. The molecule has 7 nitrogen and oxygen atoms in total. The predicted octanol–water partition coefficient (Wildman–Crippen LogP) is 4.29. The van der Waals surface area contributed by atoms with E-state index < -0.39 is 5.91 Å². The zero-order valence-corrected chi connectivity index (χ0v) is 21.0. The monoisotopic (exact) mass is 497 g/mol. The number of hydrogen-bond donors (Lipinski definition) is 5. The number of hydrogen-bond acceptors (Lipinski definition) is 5. The van der Waals surface area contributed by atoms with Gasteiger partial charge in [-0.05, 0) is 60.2 Å². The number of unbranched alkanes of at least 4 members (excludes halogenated alkanes) is 1. The van der Waals surface area contributed by atoms with E-state index in [0.29, 0.717) is 32.5 Å². The summed E-state index contributed by atoms with van der Waals surface area (Å²) >= 11 is 10.5. The van der Waals surface area contributed by atoms with Gasteiger partial charge in [-0.3, -0.25) is 10.2 Å². The van der Waals surface area contributed by atoms with Crippen LogP contribution in [0, 0.1) is 17.3 Å². The summed E-state index contributed by atoms with van der Waals surface area (Å²) in [5.74, 6) is 5.94. The number of carbonyl (C=O) groups excluding carboxylic acids is 1. The second-order valence-corrected chi connectivity index (χ2v) is 8.39. The fourth-order valence-corrected chi connectivity index (χ4v) is 3.35. The summed E-state index contributed by atoms with van der Waals surface area (Å²) in [5.41, 5.74) is 14.3. The van der Waals surface area contributed by atoms with Crippen LogP contribution in [-0.4, -0.2) is 24.7 Å². The molecule has 0 saturated heterocycles. The lowest BCUT2D eigenvalue weighted by Gasteiger charge is -2.11. The maximum atomic E-state index is 12.8. The molecule has 6 N–H and O–H groups in total. The van der Waals surface area contributed by atoms with Crippen molar-refractivity contribution >= 4 is 47.5 Å². The van der Waals surface area contributed by atoms with Crippen molar-refractivity contribution in [2.45, 2.75) is 33.2 Å². The maximum Gasteiger partial charge on any atom is 0.283 e. The van der Waals surface area contributed by atoms with Crippen LogP contribution in [0.5, 0.6) is 5.75 Å². The Kier molecular flexibility index (Phi) is 10.0. The normalized spacial score (nSPS) is 11.7. The number of nitrogen functional groups attached to an aromatic ring is 1. The minimum atomic E-state index is -0.681. The Bertz CT molecular complexity index is 1190. The number of aliphatic imine (C=N–C) groups is 1. The van der Waals surface area contributed by atoms with Gasteiger partial charge in [0.2, 0.25) is 0 Å². The molecule has 9 heteroatoms. The number of ether oxygens (including phenoxy) is 1. The molecule has 178 valence electrons. The van der Waals surface area contributed by atoms with Crippen molar-refractivity contribution in [3.63, 3.8) is 0 Å². The highest BCUT2D eigenvalue weighted by Crippen LogP contribution is 2.24. The molecule has 0 saturated carbocycles. The average molecular weight is 498 g/mol. The van der Waals surface area contributed by atoms with E-state index in [0.717, 1.165) is 18.4 Å². The van der Waals surface area contributed by atoms with Crippen molar-refractivity contribution < 1.29 is 9.53 Å². The summed E-state index contributed by atoms with van der Waals surface area (Å²) in [6.07, 6.45) is 1.70. The van der Waals surface area contributed by atoms with Gasteiger partial charge in [-0.2, -0.15) is 4.99 Å². The van der Waals surface area contributed by atoms with Gasteiger partial charge in [0.15, 0.2) is 5.96 Å². The summed E-state index contributed by atoms with van der Waals surface area (Å²) in [6.45, 7) is 3.91. The zero-order chi connectivity index (χ0) is 25.3. The van der Waals surface area contributed by atoms with Gasteiger partial charge in [-0.1, -0.05) is 30.4 Å².